The van der Waals surface area contributed by atoms with Crippen LogP contribution in [0.1, 0.15) is 48.8 Å². The highest BCUT2D eigenvalue weighted by molar-refractivity contribution is 5.99. The minimum atomic E-state index is -1.09. The van der Waals surface area contributed by atoms with Gasteiger partial charge in [-0.05, 0) is 44.4 Å². The lowest BCUT2D eigenvalue weighted by Crippen LogP contribution is -2.40. The molecule has 7 nitrogen and oxygen atoms in total. The van der Waals surface area contributed by atoms with Crippen molar-refractivity contribution in [2.24, 2.45) is 0 Å². The highest BCUT2D eigenvalue weighted by atomic mass is 16.4. The Morgan fingerprint density at radius 3 is 2.89 bits per heavy atom. The molecule has 1 amide bonds. The second-order valence-electron chi connectivity index (χ2n) is 6.70. The smallest absolute Gasteiger partial charge is 0.326 e. The van der Waals surface area contributed by atoms with Crippen molar-refractivity contribution >= 4 is 22.8 Å². The number of hydrogen-bond acceptors (Lipinski definition) is 4. The average Bonchev–Trinajstić information content (AvgIpc) is 2.90. The second kappa shape index (κ2) is 8.16. The van der Waals surface area contributed by atoms with Gasteiger partial charge in [0.05, 0.1) is 10.9 Å². The SMILES string of the molecule is C/C=C/CC(NC(=O)c1ccc2c(=O)n3c(nc2c1)CCCCC3)C(=O)O. The lowest BCUT2D eigenvalue weighted by atomic mass is 10.1. The number of aromatic nitrogens is 2. The van der Waals surface area contributed by atoms with E-state index in [0.717, 1.165) is 31.5 Å². The molecule has 3 rings (SSSR count). The number of hydrogen-bond donors (Lipinski definition) is 2. The van der Waals surface area contributed by atoms with Gasteiger partial charge in [-0.3, -0.25) is 14.2 Å². The van der Waals surface area contributed by atoms with E-state index in [-0.39, 0.29) is 12.0 Å². The largest absolute Gasteiger partial charge is 0.480 e. The third-order valence-electron chi connectivity index (χ3n) is 4.79. The van der Waals surface area contributed by atoms with Crippen LogP contribution in [0.4, 0.5) is 0 Å². The van der Waals surface area contributed by atoms with Gasteiger partial charge in [-0.1, -0.05) is 18.6 Å². The number of benzene rings is 1. The van der Waals surface area contributed by atoms with Crippen LogP contribution < -0.4 is 10.9 Å². The number of aliphatic carboxylic acids is 1. The first-order valence-corrected chi connectivity index (χ1v) is 9.19. The van der Waals surface area contributed by atoms with Gasteiger partial charge in [0, 0.05) is 18.5 Å². The molecule has 1 aromatic carbocycles. The Bertz CT molecular complexity index is 962. The molecule has 27 heavy (non-hydrogen) atoms. The summed E-state index contributed by atoms with van der Waals surface area (Å²) in [5.41, 5.74) is 0.682. The summed E-state index contributed by atoms with van der Waals surface area (Å²) in [6, 6.07) is 3.69. The first-order chi connectivity index (χ1) is 13.0. The van der Waals surface area contributed by atoms with Crippen LogP contribution in [0.2, 0.25) is 0 Å². The van der Waals surface area contributed by atoms with E-state index < -0.39 is 17.9 Å². The van der Waals surface area contributed by atoms with Crippen LogP contribution in [0, 0.1) is 0 Å². The molecular weight excluding hydrogens is 346 g/mol. The predicted octanol–water partition coefficient (Wildman–Crippen LogP) is 2.27. The fourth-order valence-corrected chi connectivity index (χ4v) is 3.29. The van der Waals surface area contributed by atoms with Crippen LogP contribution in [0.25, 0.3) is 10.9 Å². The minimum Gasteiger partial charge on any atom is -0.480 e. The molecule has 1 unspecified atom stereocenters. The van der Waals surface area contributed by atoms with E-state index in [1.54, 1.807) is 41.8 Å². The van der Waals surface area contributed by atoms with E-state index in [9.17, 15) is 19.5 Å². The fourth-order valence-electron chi connectivity index (χ4n) is 3.29. The maximum absolute atomic E-state index is 12.7. The summed E-state index contributed by atoms with van der Waals surface area (Å²) < 4.78 is 1.73. The van der Waals surface area contributed by atoms with Gasteiger partial charge in [0.2, 0.25) is 0 Å². The second-order valence-corrected chi connectivity index (χ2v) is 6.70. The van der Waals surface area contributed by atoms with Gasteiger partial charge >= 0.3 is 5.97 Å². The molecule has 0 radical (unpaired) electrons. The summed E-state index contributed by atoms with van der Waals surface area (Å²) in [5.74, 6) is -0.839. The monoisotopic (exact) mass is 369 g/mol. The Kier molecular flexibility index (Phi) is 5.69. The molecule has 7 heteroatoms. The molecule has 2 heterocycles. The molecule has 2 N–H and O–H groups in total. The standard InChI is InChI=1S/C20H23N3O4/c1-2-3-7-15(20(26)27)22-18(24)13-9-10-14-16(12-13)21-17-8-5-4-6-11-23(17)19(14)25/h2-3,9-10,12,15H,4-8,11H2,1H3,(H,22,24)(H,26,27)/b3-2+. The molecule has 0 bridgehead atoms. The number of aryl methyl sites for hydroxylation is 1. The van der Waals surface area contributed by atoms with Gasteiger partial charge in [0.1, 0.15) is 11.9 Å². The normalized spacial score (nSPS) is 15.3. The molecule has 0 saturated carbocycles. The molecule has 0 spiro atoms. The van der Waals surface area contributed by atoms with Crippen LogP contribution in [0.15, 0.2) is 35.1 Å². The van der Waals surface area contributed by atoms with Crippen molar-refractivity contribution in [2.45, 2.75) is 51.6 Å². The Hall–Kier alpha value is -2.96. The molecule has 1 atom stereocenters. The number of rotatable bonds is 5. The number of carboxylic acids is 1. The fraction of sp³-hybridized carbons (Fsp3) is 0.400. The Morgan fingerprint density at radius 2 is 2.15 bits per heavy atom. The number of carboxylic acid groups (broad SMARTS) is 1. The zero-order valence-electron chi connectivity index (χ0n) is 15.3. The van der Waals surface area contributed by atoms with Gasteiger partial charge in [0.15, 0.2) is 0 Å². The number of carbonyl (C=O) groups is 2. The van der Waals surface area contributed by atoms with Gasteiger partial charge in [-0.25, -0.2) is 9.78 Å². The van der Waals surface area contributed by atoms with Crippen molar-refractivity contribution in [1.82, 2.24) is 14.9 Å². The quantitative estimate of drug-likeness (QED) is 0.788. The number of nitrogens with zero attached hydrogens (tertiary/aromatic N) is 2. The first kappa shape index (κ1) is 18.8. The maximum atomic E-state index is 12.7. The summed E-state index contributed by atoms with van der Waals surface area (Å²) in [6.45, 7) is 2.46. The summed E-state index contributed by atoms with van der Waals surface area (Å²) >= 11 is 0. The number of fused-ring (bicyclic) bond motifs is 2. The summed E-state index contributed by atoms with van der Waals surface area (Å²) in [7, 11) is 0. The Balaban J connectivity index is 1.93. The van der Waals surface area contributed by atoms with Crippen LogP contribution in [-0.2, 0) is 17.8 Å². The van der Waals surface area contributed by atoms with E-state index in [1.807, 2.05) is 0 Å². The summed E-state index contributed by atoms with van der Waals surface area (Å²) in [6.07, 6.45) is 7.39. The van der Waals surface area contributed by atoms with E-state index >= 15 is 0 Å². The molecule has 1 aromatic heterocycles. The zero-order chi connectivity index (χ0) is 19.4. The Labute approximate surface area is 156 Å². The molecule has 2 aromatic rings. The number of allylic oxidation sites excluding steroid dienone is 1. The van der Waals surface area contributed by atoms with Crippen LogP contribution >= 0.6 is 0 Å². The van der Waals surface area contributed by atoms with E-state index in [0.29, 0.717) is 23.0 Å². The van der Waals surface area contributed by atoms with Gasteiger partial charge in [-0.2, -0.15) is 0 Å². The Morgan fingerprint density at radius 1 is 1.33 bits per heavy atom. The lowest BCUT2D eigenvalue weighted by Gasteiger charge is -2.14. The van der Waals surface area contributed by atoms with Crippen LogP contribution in [-0.4, -0.2) is 32.6 Å². The van der Waals surface area contributed by atoms with E-state index in [4.69, 9.17) is 0 Å². The van der Waals surface area contributed by atoms with Gasteiger partial charge < -0.3 is 10.4 Å². The van der Waals surface area contributed by atoms with Gasteiger partial charge in [0.25, 0.3) is 11.5 Å². The molecule has 0 saturated heterocycles. The third-order valence-corrected chi connectivity index (χ3v) is 4.79. The van der Waals surface area contributed by atoms with Crippen molar-refractivity contribution < 1.29 is 14.7 Å². The third kappa shape index (κ3) is 4.07. The van der Waals surface area contributed by atoms with Crippen LogP contribution in [0.5, 0.6) is 0 Å². The number of carbonyl (C=O) groups excluding carboxylic acids is 1. The first-order valence-electron chi connectivity index (χ1n) is 9.19. The van der Waals surface area contributed by atoms with Gasteiger partial charge in [-0.15, -0.1) is 0 Å². The molecule has 0 fully saturated rings. The van der Waals surface area contributed by atoms with Crippen molar-refractivity contribution in [3.05, 3.63) is 52.1 Å². The minimum absolute atomic E-state index is 0.0830. The summed E-state index contributed by atoms with van der Waals surface area (Å²) in [5, 5.41) is 12.2. The molecule has 0 aliphatic carbocycles. The highest BCUT2D eigenvalue weighted by Crippen LogP contribution is 2.16. The molecular formula is C20H23N3O4. The molecule has 1 aliphatic rings. The van der Waals surface area contributed by atoms with Crippen molar-refractivity contribution in [3.8, 4) is 0 Å². The zero-order valence-corrected chi connectivity index (χ0v) is 15.3. The highest BCUT2D eigenvalue weighted by Gasteiger charge is 2.20. The predicted molar refractivity (Wildman–Crippen MR) is 102 cm³/mol. The molecule has 1 aliphatic heterocycles. The van der Waals surface area contributed by atoms with E-state index in [2.05, 4.69) is 10.3 Å². The average molecular weight is 369 g/mol. The maximum Gasteiger partial charge on any atom is 0.326 e. The van der Waals surface area contributed by atoms with E-state index in [1.165, 1.54) is 0 Å². The summed E-state index contributed by atoms with van der Waals surface area (Å²) in [4.78, 5) is 41.1. The molecule has 142 valence electrons. The van der Waals surface area contributed by atoms with Crippen molar-refractivity contribution in [3.63, 3.8) is 0 Å². The topological polar surface area (TPSA) is 101 Å². The number of nitrogens with one attached hydrogen (secondary N) is 1. The van der Waals surface area contributed by atoms with Crippen molar-refractivity contribution in [2.75, 3.05) is 0 Å². The lowest BCUT2D eigenvalue weighted by molar-refractivity contribution is -0.139. The van der Waals surface area contributed by atoms with Crippen LogP contribution in [0.3, 0.4) is 0 Å². The number of amides is 1. The van der Waals surface area contributed by atoms with Crippen molar-refractivity contribution in [1.29, 1.82) is 0 Å².